The van der Waals surface area contributed by atoms with E-state index in [1.54, 1.807) is 55.6 Å². The first-order chi connectivity index (χ1) is 33.1. The Kier molecular flexibility index (Phi) is 21.4. The molecule has 0 saturated carbocycles. The largest absolute Gasteiger partial charge is 0.465 e. The third kappa shape index (κ3) is 14.0. The molecule has 0 unspecified atom stereocenters. The van der Waals surface area contributed by atoms with Crippen LogP contribution in [0, 0.1) is 47.3 Å². The molecule has 0 radical (unpaired) electrons. The molecule has 3 aromatic carbocycles. The van der Waals surface area contributed by atoms with E-state index >= 15 is 0 Å². The molecule has 4 nitrogen and oxygen atoms in total. The van der Waals surface area contributed by atoms with Crippen LogP contribution in [-0.2, 0) is 86.5 Å². The predicted octanol–water partition coefficient (Wildman–Crippen LogP) is 17.0. The minimum absolute atomic E-state index is 0.415. The lowest BCUT2D eigenvalue weighted by Crippen LogP contribution is -2.28. The number of rotatable bonds is 26. The van der Waals surface area contributed by atoms with Crippen molar-refractivity contribution in [3.8, 4) is 0 Å². The summed E-state index contributed by atoms with van der Waals surface area (Å²) in [6.45, 7) is 38.0. The average molecular weight is 960 g/mol. The third-order valence-electron chi connectivity index (χ3n) is 16.3. The van der Waals surface area contributed by atoms with Gasteiger partial charge in [-0.1, -0.05) is 111 Å². The summed E-state index contributed by atoms with van der Waals surface area (Å²) in [5, 5.41) is 0. The van der Waals surface area contributed by atoms with Crippen molar-refractivity contribution >= 4 is 11.9 Å². The Hall–Kier alpha value is -3.40. The maximum absolute atomic E-state index is 14.3. The molecule has 70 heavy (non-hydrogen) atoms. The summed E-state index contributed by atoms with van der Waals surface area (Å²) in [5.41, 5.74) is 25.4. The predicted molar refractivity (Wildman–Crippen MR) is 299 cm³/mol. The van der Waals surface area contributed by atoms with Gasteiger partial charge in [-0.05, 0) is 265 Å². The van der Waals surface area contributed by atoms with Gasteiger partial charge in [0.25, 0.3) is 0 Å². The molecule has 0 aliphatic heterocycles. The molecule has 0 aromatic heterocycles. The first-order valence-corrected chi connectivity index (χ1v) is 28.8. The molecule has 2 aliphatic rings. The standard InChI is InChI=1S/C66H102O4/c1-39(2)19-27-47-48(28-20-40(3)4)50(30-22-42(7)8)56-36-58-52(32-24-44(11)12)60-38-62-54(34-26-46(15)16)64(66(68)70-18)63(65(67)69-17)53(33-25-45(13)14)61(62)37-59(60)51(31-23-43(9)10)57(58)35-55(56)49(47)29-21-41(5)6/h39-46H,19-38H2,1-18H3. The molecule has 0 bridgehead atoms. The molecule has 0 atom stereocenters. The average Bonchev–Trinajstić information content (AvgIpc) is 3.28. The zero-order valence-corrected chi connectivity index (χ0v) is 48.4. The summed E-state index contributed by atoms with van der Waals surface area (Å²) in [6.07, 6.45) is 21.0. The number of hydrogen-bond acceptors (Lipinski definition) is 4. The summed E-state index contributed by atoms with van der Waals surface area (Å²) < 4.78 is 11.3. The second-order valence-electron chi connectivity index (χ2n) is 25.6. The van der Waals surface area contributed by atoms with Crippen molar-refractivity contribution in [3.05, 3.63) is 100 Å². The van der Waals surface area contributed by atoms with Crippen molar-refractivity contribution in [3.63, 3.8) is 0 Å². The van der Waals surface area contributed by atoms with Gasteiger partial charge >= 0.3 is 11.9 Å². The molecule has 4 heteroatoms. The molecule has 5 rings (SSSR count). The monoisotopic (exact) mass is 959 g/mol. The van der Waals surface area contributed by atoms with E-state index in [-0.39, 0.29) is 0 Å². The fourth-order valence-corrected chi connectivity index (χ4v) is 12.0. The Morgan fingerprint density at radius 2 is 0.457 bits per heavy atom. The maximum Gasteiger partial charge on any atom is 0.339 e. The molecule has 0 spiro atoms. The van der Waals surface area contributed by atoms with Crippen LogP contribution in [0.1, 0.15) is 272 Å². The zero-order chi connectivity index (χ0) is 51.7. The summed E-state index contributed by atoms with van der Waals surface area (Å²) >= 11 is 0. The number of fused-ring (bicyclic) bond motifs is 4. The van der Waals surface area contributed by atoms with Gasteiger partial charge in [-0.2, -0.15) is 0 Å². The molecule has 0 amide bonds. The molecular formula is C66H102O4. The van der Waals surface area contributed by atoms with Crippen LogP contribution in [0.2, 0.25) is 0 Å². The molecule has 0 heterocycles. The van der Waals surface area contributed by atoms with E-state index in [0.717, 1.165) is 88.2 Å². The van der Waals surface area contributed by atoms with E-state index in [2.05, 4.69) is 111 Å². The SMILES string of the molecule is COC(=O)c1c(CCC(C)C)c2c(c(CCC(C)C)c1C(=O)OC)Cc1c(CCC(C)C)c3c(c(CCC(C)C)c1C2)Cc1c(CCC(C)C)c(CCC(C)C)c(CCC(C)C)c(CCC(C)C)c1C3. The number of hydrogen-bond donors (Lipinski definition) is 0. The number of esters is 2. The Bertz CT molecular complexity index is 2100. The highest BCUT2D eigenvalue weighted by molar-refractivity contribution is 6.06. The van der Waals surface area contributed by atoms with Gasteiger partial charge in [-0.25, -0.2) is 9.59 Å². The third-order valence-corrected chi connectivity index (χ3v) is 16.3. The van der Waals surface area contributed by atoms with Crippen molar-refractivity contribution in [2.45, 2.75) is 239 Å². The maximum atomic E-state index is 14.3. The van der Waals surface area contributed by atoms with E-state index in [0.29, 0.717) is 58.5 Å². The summed E-state index contributed by atoms with van der Waals surface area (Å²) in [6, 6.07) is 0. The summed E-state index contributed by atoms with van der Waals surface area (Å²) in [4.78, 5) is 28.6. The lowest BCUT2D eigenvalue weighted by atomic mass is 9.66. The van der Waals surface area contributed by atoms with E-state index in [1.165, 1.54) is 87.8 Å². The van der Waals surface area contributed by atoms with Crippen molar-refractivity contribution < 1.29 is 19.1 Å². The van der Waals surface area contributed by atoms with Gasteiger partial charge in [-0.15, -0.1) is 0 Å². The molecule has 0 saturated heterocycles. The first-order valence-electron chi connectivity index (χ1n) is 28.8. The van der Waals surface area contributed by atoms with Crippen LogP contribution in [0.25, 0.3) is 0 Å². The van der Waals surface area contributed by atoms with Crippen molar-refractivity contribution in [2.75, 3.05) is 14.2 Å². The van der Waals surface area contributed by atoms with E-state index < -0.39 is 11.9 Å². The van der Waals surface area contributed by atoms with Crippen LogP contribution in [0.3, 0.4) is 0 Å². The topological polar surface area (TPSA) is 52.6 Å². The van der Waals surface area contributed by atoms with E-state index in [9.17, 15) is 9.59 Å². The Morgan fingerprint density at radius 1 is 0.286 bits per heavy atom. The fourth-order valence-electron chi connectivity index (χ4n) is 12.0. The van der Waals surface area contributed by atoms with Crippen LogP contribution in [0.5, 0.6) is 0 Å². The van der Waals surface area contributed by atoms with Crippen LogP contribution in [0.15, 0.2) is 0 Å². The highest BCUT2D eigenvalue weighted by Crippen LogP contribution is 2.48. The Labute approximate surface area is 430 Å². The van der Waals surface area contributed by atoms with Crippen LogP contribution in [-0.4, -0.2) is 26.2 Å². The lowest BCUT2D eigenvalue weighted by molar-refractivity contribution is 0.0552. The van der Waals surface area contributed by atoms with Crippen molar-refractivity contribution in [1.82, 2.24) is 0 Å². The quantitative estimate of drug-likeness (QED) is 0.0518. The first kappa shape index (κ1) is 57.5. The second kappa shape index (κ2) is 26.0. The van der Waals surface area contributed by atoms with Crippen molar-refractivity contribution in [2.24, 2.45) is 47.3 Å². The van der Waals surface area contributed by atoms with E-state index in [1.807, 2.05) is 0 Å². The number of ether oxygens (including phenoxy) is 2. The smallest absolute Gasteiger partial charge is 0.339 e. The minimum Gasteiger partial charge on any atom is -0.465 e. The number of carbonyl (C=O) groups is 2. The second-order valence-corrected chi connectivity index (χ2v) is 25.6. The van der Waals surface area contributed by atoms with Gasteiger partial charge in [0, 0.05) is 0 Å². The van der Waals surface area contributed by atoms with Crippen LogP contribution >= 0.6 is 0 Å². The van der Waals surface area contributed by atoms with E-state index in [4.69, 9.17) is 9.47 Å². The van der Waals surface area contributed by atoms with Crippen LogP contribution in [0.4, 0.5) is 0 Å². The van der Waals surface area contributed by atoms with Gasteiger partial charge in [0.1, 0.15) is 0 Å². The number of carbonyl (C=O) groups excluding carboxylic acids is 2. The fraction of sp³-hybridized carbons (Fsp3) is 0.697. The Morgan fingerprint density at radius 3 is 0.671 bits per heavy atom. The van der Waals surface area contributed by atoms with Crippen molar-refractivity contribution in [1.29, 1.82) is 0 Å². The Balaban J connectivity index is 1.98. The summed E-state index contributed by atoms with van der Waals surface area (Å²) in [7, 11) is 2.94. The normalized spacial score (nSPS) is 13.4. The summed E-state index contributed by atoms with van der Waals surface area (Å²) in [5.74, 6) is 3.79. The molecule has 0 fully saturated rings. The zero-order valence-electron chi connectivity index (χ0n) is 48.4. The van der Waals surface area contributed by atoms with Gasteiger partial charge in [0.2, 0.25) is 0 Å². The highest BCUT2D eigenvalue weighted by atomic mass is 16.5. The molecule has 2 aliphatic carbocycles. The molecule has 0 N–H and O–H groups in total. The highest BCUT2D eigenvalue weighted by Gasteiger charge is 2.38. The molecule has 3 aromatic rings. The van der Waals surface area contributed by atoms with Gasteiger partial charge in [0.05, 0.1) is 25.3 Å². The van der Waals surface area contributed by atoms with Crippen LogP contribution < -0.4 is 0 Å². The lowest BCUT2D eigenvalue weighted by Gasteiger charge is -2.38. The van der Waals surface area contributed by atoms with Gasteiger partial charge < -0.3 is 9.47 Å². The molecular weight excluding hydrogens is 857 g/mol. The minimum atomic E-state index is -0.415. The molecule has 390 valence electrons. The number of methoxy groups -OCH3 is 2. The van der Waals surface area contributed by atoms with Gasteiger partial charge in [-0.3, -0.25) is 0 Å². The van der Waals surface area contributed by atoms with Gasteiger partial charge in [0.15, 0.2) is 0 Å². The number of benzene rings is 3.